The van der Waals surface area contributed by atoms with Gasteiger partial charge in [-0.2, -0.15) is 0 Å². The number of ether oxygens (including phenoxy) is 1. The lowest BCUT2D eigenvalue weighted by atomic mass is 10.1. The maximum absolute atomic E-state index is 13.3. The predicted molar refractivity (Wildman–Crippen MR) is 124 cm³/mol. The fourth-order valence-corrected chi connectivity index (χ4v) is 3.67. The van der Waals surface area contributed by atoms with Gasteiger partial charge in [0.1, 0.15) is 17.6 Å². The maximum atomic E-state index is 13.3. The first-order chi connectivity index (χ1) is 14.7. The van der Waals surface area contributed by atoms with Crippen LogP contribution >= 0.6 is 27.5 Å². The zero-order valence-electron chi connectivity index (χ0n) is 17.8. The molecule has 168 valence electrons. The van der Waals surface area contributed by atoms with Crippen LogP contribution in [0.15, 0.2) is 46.9 Å². The quantitative estimate of drug-likeness (QED) is 0.475. The van der Waals surface area contributed by atoms with E-state index in [1.54, 1.807) is 30.3 Å². The topological polar surface area (TPSA) is 58.6 Å². The Morgan fingerprint density at radius 1 is 1.19 bits per heavy atom. The van der Waals surface area contributed by atoms with Gasteiger partial charge >= 0.3 is 0 Å². The Kier molecular flexibility index (Phi) is 9.78. The molecular weight excluding hydrogens is 487 g/mol. The minimum atomic E-state index is -0.680. The van der Waals surface area contributed by atoms with E-state index in [0.29, 0.717) is 29.3 Å². The molecule has 0 spiro atoms. The van der Waals surface area contributed by atoms with Crippen molar-refractivity contribution in [1.29, 1.82) is 0 Å². The number of halogens is 3. The molecule has 2 aromatic carbocycles. The number of benzene rings is 2. The molecule has 0 aliphatic heterocycles. The van der Waals surface area contributed by atoms with Crippen LogP contribution in [0, 0.1) is 11.7 Å². The monoisotopic (exact) mass is 512 g/mol. The minimum absolute atomic E-state index is 0.157. The van der Waals surface area contributed by atoms with Crippen LogP contribution in [0.25, 0.3) is 0 Å². The first-order valence-corrected chi connectivity index (χ1v) is 11.3. The predicted octanol–water partition coefficient (Wildman–Crippen LogP) is 5.20. The SMILES string of the molecule is CC[C@@H](C(=O)NCC(C)C)N(Cc1ccc(F)cc1)C(=O)COc1ccc(Br)cc1Cl. The first-order valence-electron chi connectivity index (χ1n) is 10.1. The first kappa shape index (κ1) is 25.1. The van der Waals surface area contributed by atoms with Gasteiger partial charge in [0.25, 0.3) is 5.91 Å². The van der Waals surface area contributed by atoms with Crippen LogP contribution < -0.4 is 10.1 Å². The third kappa shape index (κ3) is 7.82. The summed E-state index contributed by atoms with van der Waals surface area (Å²) >= 11 is 9.49. The molecular formula is C23H27BrClFN2O3. The second kappa shape index (κ2) is 12.1. The van der Waals surface area contributed by atoms with Crippen LogP contribution in [0.2, 0.25) is 5.02 Å². The molecule has 2 aromatic rings. The number of hydrogen-bond acceptors (Lipinski definition) is 3. The Morgan fingerprint density at radius 3 is 2.45 bits per heavy atom. The van der Waals surface area contributed by atoms with E-state index in [1.165, 1.54) is 17.0 Å². The van der Waals surface area contributed by atoms with Gasteiger partial charge in [0.2, 0.25) is 5.91 Å². The molecule has 0 fully saturated rings. The molecule has 2 amide bonds. The summed E-state index contributed by atoms with van der Waals surface area (Å²) < 4.78 is 19.7. The van der Waals surface area contributed by atoms with Crippen LogP contribution in [-0.2, 0) is 16.1 Å². The lowest BCUT2D eigenvalue weighted by molar-refractivity contribution is -0.143. The summed E-state index contributed by atoms with van der Waals surface area (Å²) in [6.07, 6.45) is 0.426. The largest absolute Gasteiger partial charge is 0.482 e. The highest BCUT2D eigenvalue weighted by atomic mass is 79.9. The second-order valence-electron chi connectivity index (χ2n) is 7.57. The molecule has 8 heteroatoms. The van der Waals surface area contributed by atoms with Crippen molar-refractivity contribution in [3.05, 3.63) is 63.3 Å². The van der Waals surface area contributed by atoms with Crippen LogP contribution in [0.5, 0.6) is 5.75 Å². The van der Waals surface area contributed by atoms with E-state index in [1.807, 2.05) is 20.8 Å². The van der Waals surface area contributed by atoms with Crippen LogP contribution in [0.1, 0.15) is 32.8 Å². The molecule has 1 N–H and O–H groups in total. The molecule has 0 heterocycles. The molecule has 0 aliphatic carbocycles. The molecule has 1 atom stereocenters. The van der Waals surface area contributed by atoms with Gasteiger partial charge in [0.15, 0.2) is 6.61 Å². The van der Waals surface area contributed by atoms with E-state index in [4.69, 9.17) is 16.3 Å². The fraction of sp³-hybridized carbons (Fsp3) is 0.391. The number of nitrogens with one attached hydrogen (secondary N) is 1. The average Bonchev–Trinajstić information content (AvgIpc) is 2.72. The number of nitrogens with zero attached hydrogens (tertiary/aromatic N) is 1. The number of rotatable bonds is 10. The van der Waals surface area contributed by atoms with Crippen molar-refractivity contribution in [3.63, 3.8) is 0 Å². The maximum Gasteiger partial charge on any atom is 0.261 e. The summed E-state index contributed by atoms with van der Waals surface area (Å²) in [6, 6.07) is 10.3. The number of carbonyl (C=O) groups is 2. The second-order valence-corrected chi connectivity index (χ2v) is 8.90. The summed E-state index contributed by atoms with van der Waals surface area (Å²) in [6.45, 7) is 6.23. The van der Waals surface area contributed by atoms with Crippen molar-refractivity contribution in [3.8, 4) is 5.75 Å². The van der Waals surface area contributed by atoms with Crippen molar-refractivity contribution in [2.45, 2.75) is 39.8 Å². The van der Waals surface area contributed by atoms with E-state index in [9.17, 15) is 14.0 Å². The number of carbonyl (C=O) groups excluding carboxylic acids is 2. The summed E-state index contributed by atoms with van der Waals surface area (Å²) in [7, 11) is 0. The molecule has 0 bridgehead atoms. The lowest BCUT2D eigenvalue weighted by Crippen LogP contribution is -2.50. The van der Waals surface area contributed by atoms with E-state index in [0.717, 1.165) is 4.47 Å². The molecule has 0 radical (unpaired) electrons. The van der Waals surface area contributed by atoms with Gasteiger partial charge in [-0.1, -0.05) is 60.4 Å². The van der Waals surface area contributed by atoms with Crippen molar-refractivity contribution < 1.29 is 18.7 Å². The van der Waals surface area contributed by atoms with Crippen LogP contribution in [0.3, 0.4) is 0 Å². The Hall–Kier alpha value is -2.12. The normalized spacial score (nSPS) is 11.8. The van der Waals surface area contributed by atoms with Gasteiger partial charge in [-0.25, -0.2) is 4.39 Å². The average molecular weight is 514 g/mol. The standard InChI is InChI=1S/C23H27BrClFN2O3/c1-4-20(23(30)27-12-15(2)3)28(13-16-5-8-18(26)9-6-16)22(29)14-31-21-10-7-17(24)11-19(21)25/h5-11,15,20H,4,12-14H2,1-3H3,(H,27,30)/t20-/m0/s1. The Balaban J connectivity index is 2.20. The highest BCUT2D eigenvalue weighted by Crippen LogP contribution is 2.28. The van der Waals surface area contributed by atoms with E-state index in [-0.39, 0.29) is 36.7 Å². The Morgan fingerprint density at radius 2 is 1.87 bits per heavy atom. The molecule has 0 unspecified atom stereocenters. The minimum Gasteiger partial charge on any atom is -0.482 e. The highest BCUT2D eigenvalue weighted by Gasteiger charge is 2.29. The Bertz CT molecular complexity index is 893. The Labute approximate surface area is 196 Å². The zero-order chi connectivity index (χ0) is 23.0. The summed E-state index contributed by atoms with van der Waals surface area (Å²) in [5, 5.41) is 3.26. The van der Waals surface area contributed by atoms with Crippen LogP contribution in [0.4, 0.5) is 4.39 Å². The summed E-state index contributed by atoms with van der Waals surface area (Å²) in [5.74, 6) is -0.303. The summed E-state index contributed by atoms with van der Waals surface area (Å²) in [4.78, 5) is 27.4. The van der Waals surface area contributed by atoms with Gasteiger partial charge in [0.05, 0.1) is 5.02 Å². The van der Waals surface area contributed by atoms with Crippen molar-refractivity contribution in [1.82, 2.24) is 10.2 Å². The third-order valence-corrected chi connectivity index (χ3v) is 5.37. The van der Waals surface area contributed by atoms with Gasteiger partial charge in [-0.15, -0.1) is 0 Å². The van der Waals surface area contributed by atoms with Crippen LogP contribution in [-0.4, -0.2) is 35.9 Å². The third-order valence-electron chi connectivity index (χ3n) is 4.58. The highest BCUT2D eigenvalue weighted by molar-refractivity contribution is 9.10. The van der Waals surface area contributed by atoms with Gasteiger partial charge in [0, 0.05) is 17.6 Å². The smallest absolute Gasteiger partial charge is 0.261 e. The molecule has 5 nitrogen and oxygen atoms in total. The molecule has 0 saturated heterocycles. The molecule has 31 heavy (non-hydrogen) atoms. The number of amides is 2. The number of hydrogen-bond donors (Lipinski definition) is 1. The van der Waals surface area contributed by atoms with Gasteiger partial charge in [-0.3, -0.25) is 9.59 Å². The van der Waals surface area contributed by atoms with E-state index < -0.39 is 6.04 Å². The molecule has 0 saturated carbocycles. The fourth-order valence-electron chi connectivity index (χ4n) is 2.94. The molecule has 2 rings (SSSR count). The van der Waals surface area contributed by atoms with Gasteiger partial charge < -0.3 is 15.0 Å². The molecule has 0 aliphatic rings. The van der Waals surface area contributed by atoms with Crippen molar-refractivity contribution in [2.24, 2.45) is 5.92 Å². The summed E-state index contributed by atoms with van der Waals surface area (Å²) in [5.41, 5.74) is 0.714. The van der Waals surface area contributed by atoms with Gasteiger partial charge in [-0.05, 0) is 48.2 Å². The van der Waals surface area contributed by atoms with Crippen molar-refractivity contribution >= 4 is 39.3 Å². The molecule has 0 aromatic heterocycles. The van der Waals surface area contributed by atoms with Crippen molar-refractivity contribution in [2.75, 3.05) is 13.2 Å². The zero-order valence-corrected chi connectivity index (χ0v) is 20.2. The van der Waals surface area contributed by atoms with E-state index in [2.05, 4.69) is 21.2 Å². The lowest BCUT2D eigenvalue weighted by Gasteiger charge is -2.31. The van der Waals surface area contributed by atoms with E-state index >= 15 is 0 Å².